The summed E-state index contributed by atoms with van der Waals surface area (Å²) in [6, 6.07) is 10.5. The van der Waals surface area contributed by atoms with Crippen LogP contribution in [-0.4, -0.2) is 31.5 Å². The summed E-state index contributed by atoms with van der Waals surface area (Å²) in [6.07, 6.45) is -15.8. The number of rotatable bonds is 3. The maximum atomic E-state index is 12.9. The predicted octanol–water partition coefficient (Wildman–Crippen LogP) is 4.48. The minimum atomic E-state index is -5.80. The Morgan fingerprint density at radius 3 is 2.10 bits per heavy atom. The minimum absolute atomic E-state index is 0.125. The summed E-state index contributed by atoms with van der Waals surface area (Å²) in [5.41, 5.74) is 0.385. The zero-order valence-electron chi connectivity index (χ0n) is 15.1. The molecule has 154 valence electrons. The van der Waals surface area contributed by atoms with E-state index < -0.39 is 30.0 Å². The number of hydrogen-bond donors (Lipinski definition) is 0. The highest BCUT2D eigenvalue weighted by atomic mass is 19.4. The number of methoxy groups -OCH3 is 1. The van der Waals surface area contributed by atoms with Crippen LogP contribution in [0.5, 0.6) is 5.75 Å². The largest absolute Gasteiger partial charge is 0.497 e. The van der Waals surface area contributed by atoms with Crippen molar-refractivity contribution in [2.75, 3.05) is 7.11 Å². The number of pyridine rings is 1. The van der Waals surface area contributed by atoms with Crippen molar-refractivity contribution in [2.45, 2.75) is 18.5 Å². The molecule has 1 heterocycles. The normalized spacial score (nSPS) is 12.6. The van der Waals surface area contributed by atoms with Gasteiger partial charge < -0.3 is 9.47 Å². The number of ether oxygens (including phenoxy) is 2. The first-order valence-electron chi connectivity index (χ1n) is 8.18. The predicted molar refractivity (Wildman–Crippen MR) is 90.5 cm³/mol. The molecule has 0 aliphatic heterocycles. The van der Waals surface area contributed by atoms with Gasteiger partial charge in [0.25, 0.3) is 6.10 Å². The van der Waals surface area contributed by atoms with Crippen molar-refractivity contribution < 1.29 is 45.2 Å². The number of aromatic nitrogens is 1. The zero-order chi connectivity index (χ0) is 21.6. The minimum Gasteiger partial charge on any atom is -0.497 e. The summed E-state index contributed by atoms with van der Waals surface area (Å²) in [5, 5.41) is 0.279. The van der Waals surface area contributed by atoms with Crippen LogP contribution in [0.3, 0.4) is 0 Å². The highest BCUT2D eigenvalue weighted by Gasteiger charge is 2.60. The van der Waals surface area contributed by atoms with Crippen LogP contribution in [0.4, 0.5) is 26.3 Å². The zero-order valence-corrected chi connectivity index (χ0v) is 15.1. The van der Waals surface area contributed by atoms with E-state index in [2.05, 4.69) is 4.74 Å². The lowest BCUT2D eigenvalue weighted by molar-refractivity contribution is -0.617. The summed E-state index contributed by atoms with van der Waals surface area (Å²) >= 11 is 0. The molecule has 10 heteroatoms. The van der Waals surface area contributed by atoms with Crippen molar-refractivity contribution in [1.29, 1.82) is 0 Å². The summed E-state index contributed by atoms with van der Waals surface area (Å²) in [4.78, 5) is 12.6. The summed E-state index contributed by atoms with van der Waals surface area (Å²) in [5.74, 6) is -1.33. The Balaban J connectivity index is 2.26. The molecule has 1 aromatic heterocycles. The van der Waals surface area contributed by atoms with E-state index in [1.165, 1.54) is 37.4 Å². The van der Waals surface area contributed by atoms with Gasteiger partial charge in [-0.25, -0.2) is 4.79 Å². The number of alkyl halides is 6. The number of aryl methyl sites for hydroxylation is 1. The van der Waals surface area contributed by atoms with Crippen LogP contribution in [0.25, 0.3) is 21.8 Å². The van der Waals surface area contributed by atoms with Gasteiger partial charge >= 0.3 is 18.3 Å². The quantitative estimate of drug-likeness (QED) is 0.273. The number of para-hydroxylation sites is 1. The van der Waals surface area contributed by atoms with E-state index in [0.29, 0.717) is 16.8 Å². The van der Waals surface area contributed by atoms with E-state index in [-0.39, 0.29) is 10.8 Å². The third-order valence-corrected chi connectivity index (χ3v) is 4.39. The van der Waals surface area contributed by atoms with Crippen molar-refractivity contribution in [1.82, 2.24) is 0 Å². The molecule has 0 N–H and O–H groups in total. The number of halogens is 6. The van der Waals surface area contributed by atoms with Crippen molar-refractivity contribution in [3.63, 3.8) is 0 Å². The summed E-state index contributed by atoms with van der Waals surface area (Å²) in [6.45, 7) is 0. The first-order valence-corrected chi connectivity index (χ1v) is 8.18. The van der Waals surface area contributed by atoms with Crippen LogP contribution in [0.15, 0.2) is 42.5 Å². The summed E-state index contributed by atoms with van der Waals surface area (Å²) < 4.78 is 87.9. The van der Waals surface area contributed by atoms with Crippen LogP contribution in [-0.2, 0) is 11.8 Å². The van der Waals surface area contributed by atoms with Crippen LogP contribution >= 0.6 is 0 Å². The van der Waals surface area contributed by atoms with Crippen molar-refractivity contribution in [2.24, 2.45) is 7.05 Å². The standard InChI is InChI=1S/C19H14F6NO3/c1-26-13-6-4-3-5-11(13)15(12-8-7-10(28-2)9-14(12)26)16(27)29-17(18(20,21)22)19(23,24)25/h3-9,17H,1-2H3/q+1. The third-order valence-electron chi connectivity index (χ3n) is 4.39. The fourth-order valence-electron chi connectivity index (χ4n) is 3.08. The number of benzene rings is 2. The van der Waals surface area contributed by atoms with E-state index in [1.807, 2.05) is 0 Å². The molecule has 0 aliphatic rings. The lowest BCUT2D eigenvalue weighted by atomic mass is 10.0. The fourth-order valence-corrected chi connectivity index (χ4v) is 3.08. The van der Waals surface area contributed by atoms with E-state index in [4.69, 9.17) is 4.74 Å². The third kappa shape index (κ3) is 3.79. The molecule has 0 radical (unpaired) electrons. The Labute approximate surface area is 160 Å². The molecular weight excluding hydrogens is 404 g/mol. The maximum absolute atomic E-state index is 12.9. The molecule has 0 fully saturated rings. The Bertz CT molecular complexity index is 1080. The van der Waals surface area contributed by atoms with Crippen molar-refractivity contribution in [3.8, 4) is 5.75 Å². The Morgan fingerprint density at radius 1 is 0.931 bits per heavy atom. The van der Waals surface area contributed by atoms with Gasteiger partial charge in [0.15, 0.2) is 0 Å². The molecule has 0 saturated carbocycles. The fraction of sp³-hybridized carbons (Fsp3) is 0.263. The van der Waals surface area contributed by atoms with Gasteiger partial charge in [0.05, 0.1) is 29.5 Å². The average molecular weight is 418 g/mol. The van der Waals surface area contributed by atoms with Gasteiger partial charge in [-0.1, -0.05) is 12.1 Å². The van der Waals surface area contributed by atoms with Crippen LogP contribution in [0, 0.1) is 0 Å². The molecule has 0 spiro atoms. The highest BCUT2D eigenvalue weighted by Crippen LogP contribution is 2.37. The Kier molecular flexibility index (Phi) is 5.06. The second-order valence-corrected chi connectivity index (χ2v) is 6.20. The topological polar surface area (TPSA) is 39.4 Å². The van der Waals surface area contributed by atoms with E-state index in [9.17, 15) is 31.1 Å². The molecule has 3 rings (SSSR count). The lowest BCUT2D eigenvalue weighted by Gasteiger charge is -2.23. The second-order valence-electron chi connectivity index (χ2n) is 6.20. The van der Waals surface area contributed by atoms with Crippen molar-refractivity contribution >= 4 is 27.8 Å². The van der Waals surface area contributed by atoms with Gasteiger partial charge in [0.2, 0.25) is 11.0 Å². The second kappa shape index (κ2) is 7.09. The number of esters is 1. The van der Waals surface area contributed by atoms with Gasteiger partial charge in [-0.3, -0.25) is 0 Å². The number of hydrogen-bond acceptors (Lipinski definition) is 3. The van der Waals surface area contributed by atoms with E-state index in [1.54, 1.807) is 23.7 Å². The number of carbonyl (C=O) groups excluding carboxylic acids is 1. The molecule has 0 bridgehead atoms. The maximum Gasteiger partial charge on any atom is 0.434 e. The first kappa shape index (κ1) is 20.7. The lowest BCUT2D eigenvalue weighted by Crippen LogP contribution is -2.45. The molecule has 3 aromatic rings. The van der Waals surface area contributed by atoms with Crippen molar-refractivity contribution in [3.05, 3.63) is 48.0 Å². The number of nitrogens with zero attached hydrogens (tertiary/aromatic N) is 1. The monoisotopic (exact) mass is 418 g/mol. The molecular formula is C19H14F6NO3+. The molecule has 0 unspecified atom stereocenters. The summed E-state index contributed by atoms with van der Waals surface area (Å²) in [7, 11) is 3.04. The molecule has 0 saturated heterocycles. The van der Waals surface area contributed by atoms with E-state index in [0.717, 1.165) is 0 Å². The Morgan fingerprint density at radius 2 is 1.52 bits per heavy atom. The van der Waals surface area contributed by atoms with Gasteiger partial charge in [-0.15, -0.1) is 0 Å². The SMILES string of the molecule is COc1ccc2c(C(=O)OC(C(F)(F)F)C(F)(F)F)c3ccccc3[n+](C)c2c1. The van der Waals surface area contributed by atoms with Gasteiger partial charge in [0.1, 0.15) is 12.8 Å². The van der Waals surface area contributed by atoms with E-state index >= 15 is 0 Å². The number of fused-ring (bicyclic) bond motifs is 2. The van der Waals surface area contributed by atoms with Crippen LogP contribution in [0.1, 0.15) is 10.4 Å². The molecule has 2 aromatic carbocycles. The average Bonchev–Trinajstić information content (AvgIpc) is 2.64. The van der Waals surface area contributed by atoms with Gasteiger partial charge in [0, 0.05) is 6.07 Å². The molecule has 4 nitrogen and oxygen atoms in total. The van der Waals surface area contributed by atoms with Crippen LogP contribution in [0.2, 0.25) is 0 Å². The highest BCUT2D eigenvalue weighted by molar-refractivity contribution is 6.13. The molecule has 0 aliphatic carbocycles. The van der Waals surface area contributed by atoms with Crippen LogP contribution < -0.4 is 9.30 Å². The van der Waals surface area contributed by atoms with Gasteiger partial charge in [-0.2, -0.15) is 30.9 Å². The number of carbonyl (C=O) groups is 1. The first-order chi connectivity index (χ1) is 13.4. The molecule has 0 atom stereocenters. The Hall–Kier alpha value is -3.04. The molecule has 29 heavy (non-hydrogen) atoms. The molecule has 0 amide bonds. The smallest absolute Gasteiger partial charge is 0.434 e. The van der Waals surface area contributed by atoms with Gasteiger partial charge in [-0.05, 0) is 18.2 Å².